The summed E-state index contributed by atoms with van der Waals surface area (Å²) >= 11 is 0. The molecule has 3 aromatic rings. The molecule has 1 N–H and O–H groups in total. The van der Waals surface area contributed by atoms with Crippen LogP contribution in [0.5, 0.6) is 5.75 Å². The van der Waals surface area contributed by atoms with E-state index < -0.39 is 23.5 Å². The van der Waals surface area contributed by atoms with E-state index in [1.54, 1.807) is 55.1 Å². The molecule has 1 atom stereocenters. The van der Waals surface area contributed by atoms with Crippen molar-refractivity contribution in [3.63, 3.8) is 0 Å². The van der Waals surface area contributed by atoms with Crippen molar-refractivity contribution in [3.05, 3.63) is 95.1 Å². The third kappa shape index (κ3) is 4.69. The van der Waals surface area contributed by atoms with Gasteiger partial charge in [0.15, 0.2) is 12.4 Å². The molecule has 0 radical (unpaired) electrons. The average Bonchev–Trinajstić information content (AvgIpc) is 3.09. The first-order valence-corrected chi connectivity index (χ1v) is 11.2. The molecular formula is C27H27N3O4. The van der Waals surface area contributed by atoms with Crippen LogP contribution in [0.2, 0.25) is 0 Å². The summed E-state index contributed by atoms with van der Waals surface area (Å²) < 4.78 is 5.81. The molecule has 3 heterocycles. The van der Waals surface area contributed by atoms with Crippen molar-refractivity contribution in [3.8, 4) is 5.75 Å². The number of carbonyl (C=O) groups excluding carboxylic acids is 2. The van der Waals surface area contributed by atoms with Gasteiger partial charge in [-0.05, 0) is 59.9 Å². The summed E-state index contributed by atoms with van der Waals surface area (Å²) in [5.41, 5.74) is 2.57. The van der Waals surface area contributed by atoms with Crippen molar-refractivity contribution >= 4 is 17.4 Å². The maximum absolute atomic E-state index is 13.6. The van der Waals surface area contributed by atoms with E-state index in [0.717, 1.165) is 11.1 Å². The Hall–Kier alpha value is -4.00. The first-order chi connectivity index (χ1) is 16.4. The maximum Gasteiger partial charge on any atom is 0.295 e. The Morgan fingerprint density at radius 2 is 1.94 bits per heavy atom. The Morgan fingerprint density at radius 3 is 2.59 bits per heavy atom. The number of nitrogens with one attached hydrogen (secondary N) is 1. The summed E-state index contributed by atoms with van der Waals surface area (Å²) in [6.07, 6.45) is 6.70. The van der Waals surface area contributed by atoms with E-state index >= 15 is 0 Å². The van der Waals surface area contributed by atoms with Crippen LogP contribution < -0.4 is 14.8 Å². The molecule has 2 aromatic heterocycles. The number of aromatic nitrogens is 2. The summed E-state index contributed by atoms with van der Waals surface area (Å²) in [5.74, 6) is -0.864. The van der Waals surface area contributed by atoms with Crippen molar-refractivity contribution in [2.75, 3.05) is 6.61 Å². The number of hydrogen-bond donors (Lipinski definition) is 0. The van der Waals surface area contributed by atoms with Gasteiger partial charge < -0.3 is 14.7 Å². The van der Waals surface area contributed by atoms with E-state index in [9.17, 15) is 14.7 Å². The lowest BCUT2D eigenvalue weighted by molar-refractivity contribution is -0.378. The molecule has 7 nitrogen and oxygen atoms in total. The Balaban J connectivity index is 1.77. The number of rotatable bonds is 7. The summed E-state index contributed by atoms with van der Waals surface area (Å²) in [5, 5.41) is 13.6. The van der Waals surface area contributed by atoms with Gasteiger partial charge in [0, 0.05) is 29.6 Å². The summed E-state index contributed by atoms with van der Waals surface area (Å²) in [4.78, 5) is 34.7. The normalized spacial score (nSPS) is 17.4. The highest BCUT2D eigenvalue weighted by atomic mass is 16.5. The maximum atomic E-state index is 13.6. The van der Waals surface area contributed by atoms with Crippen LogP contribution in [0.3, 0.4) is 0 Å². The Bertz CT molecular complexity index is 1220. The van der Waals surface area contributed by atoms with Gasteiger partial charge >= 0.3 is 0 Å². The minimum atomic E-state index is -0.798. The number of hydrogen-bond acceptors (Lipinski definition) is 5. The second-order valence-electron chi connectivity index (χ2n) is 8.78. The molecule has 0 bridgehead atoms. The summed E-state index contributed by atoms with van der Waals surface area (Å²) in [6.45, 7) is 6.73. The summed E-state index contributed by atoms with van der Waals surface area (Å²) in [7, 11) is 0. The van der Waals surface area contributed by atoms with E-state index in [1.807, 2.05) is 19.1 Å². The molecule has 0 saturated carbocycles. The number of pyridine rings is 2. The number of aromatic amines is 1. The van der Waals surface area contributed by atoms with Crippen molar-refractivity contribution in [1.29, 1.82) is 0 Å². The molecule has 1 unspecified atom stereocenters. The SMILES string of the molecule is Cc1cc(/C([O-])=C2\C(=O)C(=O)N(Cc3ccc[nH+]c3)C2c2ccncc2)ccc1OCC(C)C. The number of H-pyrrole nitrogens is 1. The molecule has 1 aliphatic heterocycles. The lowest BCUT2D eigenvalue weighted by Gasteiger charge is -2.27. The molecule has 1 fully saturated rings. The Kier molecular flexibility index (Phi) is 6.72. The third-order valence-corrected chi connectivity index (χ3v) is 5.68. The van der Waals surface area contributed by atoms with E-state index in [1.165, 1.54) is 4.90 Å². The van der Waals surface area contributed by atoms with Gasteiger partial charge in [0.1, 0.15) is 5.75 Å². The van der Waals surface area contributed by atoms with Crippen molar-refractivity contribution in [2.45, 2.75) is 33.4 Å². The van der Waals surface area contributed by atoms with Gasteiger partial charge in [0.05, 0.1) is 19.2 Å². The van der Waals surface area contributed by atoms with Crippen LogP contribution >= 0.6 is 0 Å². The summed E-state index contributed by atoms with van der Waals surface area (Å²) in [6, 6.07) is 11.4. The van der Waals surface area contributed by atoms with Crippen LogP contribution in [0.25, 0.3) is 5.76 Å². The van der Waals surface area contributed by atoms with Gasteiger partial charge in [-0.3, -0.25) is 14.6 Å². The van der Waals surface area contributed by atoms with Crippen LogP contribution in [0.1, 0.15) is 42.1 Å². The molecule has 34 heavy (non-hydrogen) atoms. The lowest BCUT2D eigenvalue weighted by Crippen LogP contribution is -2.29. The molecule has 0 aliphatic carbocycles. The first-order valence-electron chi connectivity index (χ1n) is 11.2. The number of amides is 1. The van der Waals surface area contributed by atoms with E-state index in [-0.39, 0.29) is 12.1 Å². The highest BCUT2D eigenvalue weighted by Crippen LogP contribution is 2.39. The number of ether oxygens (including phenoxy) is 1. The first kappa shape index (κ1) is 23.2. The largest absolute Gasteiger partial charge is 0.872 e. The molecule has 174 valence electrons. The smallest absolute Gasteiger partial charge is 0.295 e. The van der Waals surface area contributed by atoms with Crippen molar-refractivity contribution in [1.82, 2.24) is 9.88 Å². The van der Waals surface area contributed by atoms with Crippen LogP contribution in [0, 0.1) is 12.8 Å². The fourth-order valence-corrected chi connectivity index (χ4v) is 4.02. The lowest BCUT2D eigenvalue weighted by atomic mass is 9.95. The zero-order valence-electron chi connectivity index (χ0n) is 19.4. The minimum Gasteiger partial charge on any atom is -0.872 e. The second-order valence-corrected chi connectivity index (χ2v) is 8.78. The van der Waals surface area contributed by atoms with Crippen molar-refractivity contribution < 1.29 is 24.4 Å². The van der Waals surface area contributed by atoms with Crippen LogP contribution in [0.15, 0.2) is 72.8 Å². The molecule has 4 rings (SSSR count). The van der Waals surface area contributed by atoms with Gasteiger partial charge in [-0.1, -0.05) is 25.7 Å². The molecule has 7 heteroatoms. The number of carbonyl (C=O) groups is 2. The zero-order chi connectivity index (χ0) is 24.2. The number of benzene rings is 1. The highest BCUT2D eigenvalue weighted by Gasteiger charge is 2.44. The van der Waals surface area contributed by atoms with Gasteiger partial charge in [-0.2, -0.15) is 0 Å². The fourth-order valence-electron chi connectivity index (χ4n) is 4.02. The Morgan fingerprint density at radius 1 is 1.18 bits per heavy atom. The standard InChI is InChI=1S/C27H27N3O4/c1-17(2)16-34-22-7-6-21(13-18(22)3)25(31)23-24(20-8-11-28-12-9-20)30(27(33)26(23)32)15-19-5-4-10-29-14-19/h4-14,17,24,31H,15-16H2,1-3H3/b25-23+. The number of likely N-dealkylation sites (tertiary alicyclic amines) is 1. The van der Waals surface area contributed by atoms with Gasteiger partial charge in [0.25, 0.3) is 5.91 Å². The van der Waals surface area contributed by atoms with E-state index in [0.29, 0.717) is 29.4 Å². The van der Waals surface area contributed by atoms with E-state index in [2.05, 4.69) is 23.8 Å². The quantitative estimate of drug-likeness (QED) is 0.309. The van der Waals surface area contributed by atoms with Gasteiger partial charge in [-0.15, -0.1) is 0 Å². The van der Waals surface area contributed by atoms with Crippen molar-refractivity contribution in [2.24, 2.45) is 5.92 Å². The zero-order valence-corrected chi connectivity index (χ0v) is 19.4. The monoisotopic (exact) mass is 457 g/mol. The molecular weight excluding hydrogens is 430 g/mol. The minimum absolute atomic E-state index is 0.0497. The van der Waals surface area contributed by atoms with E-state index in [4.69, 9.17) is 4.74 Å². The van der Waals surface area contributed by atoms with Gasteiger partial charge in [-0.25, -0.2) is 4.98 Å². The Labute approximate surface area is 198 Å². The molecule has 1 amide bonds. The number of aryl methyl sites for hydroxylation is 1. The average molecular weight is 458 g/mol. The number of Topliss-reactive ketones (excluding diaryl/α,β-unsaturated/α-hetero) is 1. The second kappa shape index (κ2) is 9.87. The highest BCUT2D eigenvalue weighted by molar-refractivity contribution is 6.46. The predicted octanol–water partition coefficient (Wildman–Crippen LogP) is 2.66. The van der Waals surface area contributed by atoms with Crippen LogP contribution in [-0.4, -0.2) is 28.2 Å². The molecule has 1 saturated heterocycles. The third-order valence-electron chi connectivity index (χ3n) is 5.68. The number of ketones is 1. The molecule has 1 aromatic carbocycles. The number of nitrogens with zero attached hydrogens (tertiary/aromatic N) is 2. The van der Waals surface area contributed by atoms with Gasteiger partial charge in [0.2, 0.25) is 5.78 Å². The van der Waals surface area contributed by atoms with Crippen LogP contribution in [0.4, 0.5) is 0 Å². The predicted molar refractivity (Wildman–Crippen MR) is 124 cm³/mol. The molecule has 1 aliphatic rings. The fraction of sp³-hybridized carbons (Fsp3) is 0.259. The van der Waals surface area contributed by atoms with Crippen LogP contribution in [-0.2, 0) is 16.1 Å². The molecule has 0 spiro atoms. The topological polar surface area (TPSA) is 96.7 Å².